The maximum Gasteiger partial charge on any atom is 0.319 e. The number of carbonyl (C=O) groups is 3. The van der Waals surface area contributed by atoms with Gasteiger partial charge in [0.25, 0.3) is 11.8 Å². The van der Waals surface area contributed by atoms with Crippen molar-refractivity contribution in [3.05, 3.63) is 29.3 Å². The molecule has 26 heavy (non-hydrogen) atoms. The Morgan fingerprint density at radius 2 is 1.81 bits per heavy atom. The molecule has 0 aromatic heterocycles. The van der Waals surface area contributed by atoms with Crippen LogP contribution in [0.4, 0.5) is 10.5 Å². The van der Waals surface area contributed by atoms with Crippen molar-refractivity contribution >= 4 is 23.5 Å². The number of likely N-dealkylation sites (N-methyl/N-ethyl adjacent to an activating group) is 1. The minimum absolute atomic E-state index is 0.00175. The number of carbonyl (C=O) groups excluding carboxylic acids is 3. The summed E-state index contributed by atoms with van der Waals surface area (Å²) in [5.41, 5.74) is 1.32. The van der Waals surface area contributed by atoms with Crippen LogP contribution < -0.4 is 10.6 Å². The Bertz CT molecular complexity index is 711. The van der Waals surface area contributed by atoms with E-state index >= 15 is 0 Å². The van der Waals surface area contributed by atoms with Gasteiger partial charge < -0.3 is 15.5 Å². The van der Waals surface area contributed by atoms with E-state index in [2.05, 4.69) is 10.6 Å². The summed E-state index contributed by atoms with van der Waals surface area (Å²) in [5.74, 6) is -0.451. The lowest BCUT2D eigenvalue weighted by molar-refractivity contribution is 0.0549. The van der Waals surface area contributed by atoms with Crippen molar-refractivity contribution in [2.75, 3.05) is 32.5 Å². The van der Waals surface area contributed by atoms with Gasteiger partial charge in [0.1, 0.15) is 0 Å². The van der Waals surface area contributed by atoms with Crippen molar-refractivity contribution in [3.63, 3.8) is 0 Å². The monoisotopic (exact) mass is 358 g/mol. The third-order valence-electron chi connectivity index (χ3n) is 4.96. The summed E-state index contributed by atoms with van der Waals surface area (Å²) >= 11 is 0. The fourth-order valence-corrected chi connectivity index (χ4v) is 3.58. The van der Waals surface area contributed by atoms with Crippen molar-refractivity contribution in [3.8, 4) is 0 Å². The van der Waals surface area contributed by atoms with E-state index in [1.807, 2.05) is 19.0 Å². The molecule has 2 aliphatic rings. The first-order chi connectivity index (χ1) is 12.5. The third kappa shape index (κ3) is 3.88. The number of urea groups is 1. The fourth-order valence-electron chi connectivity index (χ4n) is 3.58. The highest BCUT2D eigenvalue weighted by atomic mass is 16.2. The molecule has 0 spiro atoms. The van der Waals surface area contributed by atoms with Gasteiger partial charge in [-0.05, 0) is 45.1 Å². The summed E-state index contributed by atoms with van der Waals surface area (Å²) < 4.78 is 0. The molecular weight excluding hydrogens is 332 g/mol. The number of fused-ring (bicyclic) bond motifs is 1. The predicted octanol–water partition coefficient (Wildman–Crippen LogP) is 2.30. The molecule has 7 nitrogen and oxygen atoms in total. The summed E-state index contributed by atoms with van der Waals surface area (Å²) in [6.07, 6.45) is 5.03. The highest BCUT2D eigenvalue weighted by molar-refractivity contribution is 6.22. The molecule has 2 N–H and O–H groups in total. The number of hydrogen-bond donors (Lipinski definition) is 2. The molecule has 1 aliphatic carbocycles. The Morgan fingerprint density at radius 1 is 1.12 bits per heavy atom. The van der Waals surface area contributed by atoms with Crippen LogP contribution in [0.1, 0.15) is 52.8 Å². The van der Waals surface area contributed by atoms with E-state index in [4.69, 9.17) is 0 Å². The fraction of sp³-hybridized carbons (Fsp3) is 0.526. The Labute approximate surface area is 153 Å². The molecule has 0 saturated heterocycles. The van der Waals surface area contributed by atoms with Crippen LogP contribution in [0.2, 0.25) is 0 Å². The maximum atomic E-state index is 12.8. The van der Waals surface area contributed by atoms with Gasteiger partial charge in [-0.1, -0.05) is 19.3 Å². The van der Waals surface area contributed by atoms with E-state index in [-0.39, 0.29) is 23.9 Å². The number of imide groups is 1. The molecule has 1 aliphatic heterocycles. The summed E-state index contributed by atoms with van der Waals surface area (Å²) in [5, 5.41) is 5.48. The van der Waals surface area contributed by atoms with E-state index in [0.29, 0.717) is 23.4 Å². The highest BCUT2D eigenvalue weighted by Crippen LogP contribution is 2.32. The number of nitrogens with zero attached hydrogens (tertiary/aromatic N) is 2. The van der Waals surface area contributed by atoms with Crippen molar-refractivity contribution in [2.45, 2.75) is 38.1 Å². The molecule has 0 atom stereocenters. The first-order valence-electron chi connectivity index (χ1n) is 9.19. The van der Waals surface area contributed by atoms with Gasteiger partial charge in [0.15, 0.2) is 0 Å². The topological polar surface area (TPSA) is 81.8 Å². The first kappa shape index (κ1) is 18.4. The maximum absolute atomic E-state index is 12.8. The van der Waals surface area contributed by atoms with E-state index in [9.17, 15) is 14.4 Å². The summed E-state index contributed by atoms with van der Waals surface area (Å²) in [6.45, 7) is 1.26. The quantitative estimate of drug-likeness (QED) is 0.792. The molecule has 1 fully saturated rings. The van der Waals surface area contributed by atoms with Gasteiger partial charge in [-0.25, -0.2) is 4.79 Å². The van der Waals surface area contributed by atoms with Gasteiger partial charge in [-0.3, -0.25) is 14.5 Å². The molecule has 140 valence electrons. The first-order valence-corrected chi connectivity index (χ1v) is 9.19. The lowest BCUT2D eigenvalue weighted by Crippen LogP contribution is -2.40. The Kier molecular flexibility index (Phi) is 5.56. The average molecular weight is 358 g/mol. The largest absolute Gasteiger partial charge is 0.337 e. The van der Waals surface area contributed by atoms with Crippen LogP contribution in [0, 0.1) is 0 Å². The van der Waals surface area contributed by atoms with Crippen LogP contribution in [-0.2, 0) is 0 Å². The number of nitrogens with one attached hydrogen (secondary N) is 2. The Morgan fingerprint density at radius 3 is 2.50 bits per heavy atom. The SMILES string of the molecule is CN(C)CCNC(=O)Nc1ccc2c(c1)C(=O)N(C1CCCCC1)C2=O. The molecule has 0 unspecified atom stereocenters. The molecule has 1 heterocycles. The van der Waals surface area contributed by atoms with E-state index in [1.54, 1.807) is 18.2 Å². The second kappa shape index (κ2) is 7.86. The number of rotatable bonds is 5. The van der Waals surface area contributed by atoms with Crippen LogP contribution >= 0.6 is 0 Å². The molecule has 1 aromatic rings. The lowest BCUT2D eigenvalue weighted by Gasteiger charge is -2.29. The van der Waals surface area contributed by atoms with Crippen LogP contribution in [0.15, 0.2) is 18.2 Å². The Balaban J connectivity index is 1.68. The number of anilines is 1. The molecular formula is C19H26N4O3. The molecule has 7 heteroatoms. The van der Waals surface area contributed by atoms with Crippen LogP contribution in [0.5, 0.6) is 0 Å². The average Bonchev–Trinajstić information content (AvgIpc) is 2.86. The zero-order chi connectivity index (χ0) is 18.7. The van der Waals surface area contributed by atoms with Crippen molar-refractivity contribution in [1.82, 2.24) is 15.1 Å². The van der Waals surface area contributed by atoms with Gasteiger partial charge in [0.05, 0.1) is 11.1 Å². The van der Waals surface area contributed by atoms with E-state index in [0.717, 1.165) is 38.6 Å². The highest BCUT2D eigenvalue weighted by Gasteiger charge is 2.40. The number of hydrogen-bond acceptors (Lipinski definition) is 4. The second-order valence-corrected chi connectivity index (χ2v) is 7.22. The predicted molar refractivity (Wildman–Crippen MR) is 99.4 cm³/mol. The molecule has 1 saturated carbocycles. The van der Waals surface area contributed by atoms with Crippen LogP contribution in [0.25, 0.3) is 0 Å². The van der Waals surface area contributed by atoms with Gasteiger partial charge in [0, 0.05) is 24.8 Å². The lowest BCUT2D eigenvalue weighted by atomic mass is 9.94. The third-order valence-corrected chi connectivity index (χ3v) is 4.96. The zero-order valence-electron chi connectivity index (χ0n) is 15.4. The minimum atomic E-state index is -0.326. The Hall–Kier alpha value is -2.41. The van der Waals surface area contributed by atoms with E-state index < -0.39 is 0 Å². The standard InChI is InChI=1S/C19H26N4O3/c1-22(2)11-10-20-19(26)21-13-8-9-15-16(12-13)18(25)23(17(15)24)14-6-4-3-5-7-14/h8-9,12,14H,3-7,10-11H2,1-2H3,(H2,20,21,26). The minimum Gasteiger partial charge on any atom is -0.337 e. The van der Waals surface area contributed by atoms with E-state index in [1.165, 1.54) is 4.90 Å². The number of amides is 4. The van der Waals surface area contributed by atoms with Crippen molar-refractivity contribution < 1.29 is 14.4 Å². The number of benzene rings is 1. The summed E-state index contributed by atoms with van der Waals surface area (Å²) in [7, 11) is 3.86. The smallest absolute Gasteiger partial charge is 0.319 e. The van der Waals surface area contributed by atoms with Gasteiger partial charge >= 0.3 is 6.03 Å². The summed E-state index contributed by atoms with van der Waals surface area (Å²) in [6, 6.07) is 4.58. The molecule has 0 radical (unpaired) electrons. The summed E-state index contributed by atoms with van der Waals surface area (Å²) in [4.78, 5) is 40.8. The van der Waals surface area contributed by atoms with Gasteiger partial charge in [-0.15, -0.1) is 0 Å². The van der Waals surface area contributed by atoms with Crippen LogP contribution in [-0.4, -0.2) is 60.9 Å². The second-order valence-electron chi connectivity index (χ2n) is 7.22. The van der Waals surface area contributed by atoms with Crippen molar-refractivity contribution in [2.24, 2.45) is 0 Å². The van der Waals surface area contributed by atoms with Crippen LogP contribution in [0.3, 0.4) is 0 Å². The normalized spacial score (nSPS) is 17.6. The molecule has 3 rings (SSSR count). The van der Waals surface area contributed by atoms with Crippen molar-refractivity contribution in [1.29, 1.82) is 0 Å². The van der Waals surface area contributed by atoms with Gasteiger partial charge in [-0.2, -0.15) is 0 Å². The molecule has 0 bridgehead atoms. The molecule has 1 aromatic carbocycles. The zero-order valence-corrected chi connectivity index (χ0v) is 15.4. The van der Waals surface area contributed by atoms with Gasteiger partial charge in [0.2, 0.25) is 0 Å². The molecule has 4 amide bonds.